The topological polar surface area (TPSA) is 62.0 Å². The molecule has 1 aromatic carbocycles. The van der Waals surface area contributed by atoms with Gasteiger partial charge in [0.05, 0.1) is 11.3 Å². The number of benzene rings is 1. The summed E-state index contributed by atoms with van der Waals surface area (Å²) in [5.41, 5.74) is 3.14. The number of aromatic amines is 1. The number of carbonyl (C=O) groups is 1. The van der Waals surface area contributed by atoms with Gasteiger partial charge in [0, 0.05) is 21.9 Å². The highest BCUT2D eigenvalue weighted by Crippen LogP contribution is 2.29. The zero-order chi connectivity index (χ0) is 16.4. The molecule has 1 aliphatic carbocycles. The summed E-state index contributed by atoms with van der Waals surface area (Å²) in [6, 6.07) is 5.68. The Kier molecular flexibility index (Phi) is 4.76. The van der Waals surface area contributed by atoms with Crippen LogP contribution in [-0.2, 0) is 4.79 Å². The van der Waals surface area contributed by atoms with Crippen LogP contribution in [0.4, 0.5) is 5.69 Å². The summed E-state index contributed by atoms with van der Waals surface area (Å²) >= 11 is 1.75. The normalized spacial score (nSPS) is 15.2. The summed E-state index contributed by atoms with van der Waals surface area (Å²) in [6.45, 7) is 3.77. The predicted molar refractivity (Wildman–Crippen MR) is 97.4 cm³/mol. The summed E-state index contributed by atoms with van der Waals surface area (Å²) in [7, 11) is 0. The average molecular weight is 330 g/mol. The van der Waals surface area contributed by atoms with Crippen molar-refractivity contribution in [2.24, 2.45) is 0 Å². The summed E-state index contributed by atoms with van der Waals surface area (Å²) in [5, 5.41) is 4.58. The molecule has 0 bridgehead atoms. The van der Waals surface area contributed by atoms with Crippen LogP contribution in [0.3, 0.4) is 0 Å². The number of hydrogen-bond acceptors (Lipinski definition) is 3. The van der Waals surface area contributed by atoms with Crippen LogP contribution in [0.15, 0.2) is 23.0 Å². The van der Waals surface area contributed by atoms with Gasteiger partial charge in [-0.1, -0.05) is 18.9 Å². The third-order valence-electron chi connectivity index (χ3n) is 4.61. The largest absolute Gasteiger partial charge is 0.325 e. The molecule has 1 heterocycles. The van der Waals surface area contributed by atoms with Gasteiger partial charge in [-0.15, -0.1) is 11.8 Å². The smallest absolute Gasteiger partial charge is 0.251 e. The van der Waals surface area contributed by atoms with Gasteiger partial charge >= 0.3 is 0 Å². The quantitative estimate of drug-likeness (QED) is 0.897. The number of carbonyl (C=O) groups excluding carboxylic acids is 1. The minimum atomic E-state index is -0.0738. The van der Waals surface area contributed by atoms with Crippen molar-refractivity contribution in [2.75, 3.05) is 11.1 Å². The molecule has 1 amide bonds. The van der Waals surface area contributed by atoms with Crippen molar-refractivity contribution in [2.45, 2.75) is 44.8 Å². The highest BCUT2D eigenvalue weighted by atomic mass is 32.2. The van der Waals surface area contributed by atoms with Gasteiger partial charge in [0.15, 0.2) is 0 Å². The molecule has 0 spiro atoms. The molecule has 1 aliphatic rings. The van der Waals surface area contributed by atoms with E-state index >= 15 is 0 Å². The Morgan fingerprint density at radius 3 is 2.74 bits per heavy atom. The van der Waals surface area contributed by atoms with Crippen LogP contribution in [0.1, 0.15) is 36.8 Å². The van der Waals surface area contributed by atoms with Crippen molar-refractivity contribution in [3.8, 4) is 0 Å². The van der Waals surface area contributed by atoms with Crippen molar-refractivity contribution >= 4 is 34.3 Å². The zero-order valence-electron chi connectivity index (χ0n) is 13.6. The van der Waals surface area contributed by atoms with Gasteiger partial charge in [-0.25, -0.2) is 0 Å². The molecule has 1 aromatic heterocycles. The lowest BCUT2D eigenvalue weighted by Crippen LogP contribution is -2.16. The Labute approximate surface area is 140 Å². The number of rotatable bonds is 4. The van der Waals surface area contributed by atoms with Crippen molar-refractivity contribution < 1.29 is 4.79 Å². The van der Waals surface area contributed by atoms with Gasteiger partial charge in [0.2, 0.25) is 5.91 Å². The molecule has 3 rings (SSSR count). The lowest BCUT2D eigenvalue weighted by atomic mass is 10.1. The molecule has 23 heavy (non-hydrogen) atoms. The van der Waals surface area contributed by atoms with E-state index in [1.54, 1.807) is 11.8 Å². The first-order valence-corrected chi connectivity index (χ1v) is 9.14. The molecule has 0 atom stereocenters. The molecule has 1 saturated carbocycles. The Morgan fingerprint density at radius 1 is 1.26 bits per heavy atom. The number of aryl methyl sites for hydroxylation is 1. The first kappa shape index (κ1) is 16.1. The predicted octanol–water partition coefficient (Wildman–Crippen LogP) is 3.76. The van der Waals surface area contributed by atoms with Gasteiger partial charge in [0.1, 0.15) is 0 Å². The number of pyridine rings is 1. The molecule has 1 fully saturated rings. The molecule has 4 nitrogen and oxygen atoms in total. The summed E-state index contributed by atoms with van der Waals surface area (Å²) in [4.78, 5) is 26.9. The van der Waals surface area contributed by atoms with E-state index in [2.05, 4.69) is 10.3 Å². The van der Waals surface area contributed by atoms with E-state index in [1.165, 1.54) is 25.7 Å². The molecule has 2 aromatic rings. The second-order valence-electron chi connectivity index (χ2n) is 6.23. The maximum atomic E-state index is 12.1. The number of fused-ring (bicyclic) bond motifs is 1. The van der Waals surface area contributed by atoms with Crippen molar-refractivity contribution in [3.63, 3.8) is 0 Å². The number of nitrogens with one attached hydrogen (secondary N) is 2. The van der Waals surface area contributed by atoms with Gasteiger partial charge in [-0.3, -0.25) is 9.59 Å². The van der Waals surface area contributed by atoms with E-state index < -0.39 is 0 Å². The van der Waals surface area contributed by atoms with Crippen molar-refractivity contribution in [3.05, 3.63) is 39.7 Å². The molecule has 0 saturated heterocycles. The summed E-state index contributed by atoms with van der Waals surface area (Å²) in [6.07, 6.45) is 5.04. The maximum absolute atomic E-state index is 12.1. The monoisotopic (exact) mass is 330 g/mol. The lowest BCUT2D eigenvalue weighted by molar-refractivity contribution is -0.113. The molecule has 0 unspecified atom stereocenters. The number of H-pyrrole nitrogens is 1. The van der Waals surface area contributed by atoms with Crippen LogP contribution < -0.4 is 10.9 Å². The summed E-state index contributed by atoms with van der Waals surface area (Å²) < 4.78 is 0. The van der Waals surface area contributed by atoms with Crippen LogP contribution in [0.2, 0.25) is 0 Å². The van der Waals surface area contributed by atoms with Crippen molar-refractivity contribution in [1.29, 1.82) is 0 Å². The van der Waals surface area contributed by atoms with Crippen LogP contribution in [0, 0.1) is 13.8 Å². The lowest BCUT2D eigenvalue weighted by Gasteiger charge is -2.11. The van der Waals surface area contributed by atoms with E-state index in [0.29, 0.717) is 11.0 Å². The van der Waals surface area contributed by atoms with Gasteiger partial charge < -0.3 is 10.3 Å². The van der Waals surface area contributed by atoms with Crippen LogP contribution in [0.25, 0.3) is 10.9 Å². The second kappa shape index (κ2) is 6.79. The number of anilines is 1. The first-order valence-electron chi connectivity index (χ1n) is 8.09. The number of thioether (sulfide) groups is 1. The third kappa shape index (κ3) is 3.61. The Hall–Kier alpha value is -1.75. The van der Waals surface area contributed by atoms with E-state index in [0.717, 1.165) is 27.7 Å². The highest BCUT2D eigenvalue weighted by Gasteiger charge is 2.16. The fourth-order valence-electron chi connectivity index (χ4n) is 3.09. The molecule has 0 aliphatic heterocycles. The van der Waals surface area contributed by atoms with E-state index in [4.69, 9.17) is 0 Å². The number of aromatic nitrogens is 1. The standard InChI is InChI=1S/C18H22N2O2S/c1-11-12(2)18(22)20-16-9-13(7-8-15(11)16)19-17(21)10-23-14-5-3-4-6-14/h7-9,14H,3-6,10H2,1-2H3,(H,19,21)(H,20,22). The van der Waals surface area contributed by atoms with Gasteiger partial charge in [-0.05, 0) is 44.4 Å². The molecular formula is C18H22N2O2S. The van der Waals surface area contributed by atoms with Gasteiger partial charge in [-0.2, -0.15) is 0 Å². The van der Waals surface area contributed by atoms with Crippen LogP contribution >= 0.6 is 11.8 Å². The molecule has 122 valence electrons. The molecule has 0 radical (unpaired) electrons. The molecule has 2 N–H and O–H groups in total. The second-order valence-corrected chi connectivity index (χ2v) is 7.52. The fraction of sp³-hybridized carbons (Fsp3) is 0.444. The van der Waals surface area contributed by atoms with Crippen molar-refractivity contribution in [1.82, 2.24) is 4.98 Å². The minimum absolute atomic E-state index is 0.0208. The minimum Gasteiger partial charge on any atom is -0.325 e. The Morgan fingerprint density at radius 2 is 2.00 bits per heavy atom. The van der Waals surface area contributed by atoms with Gasteiger partial charge in [0.25, 0.3) is 5.56 Å². The third-order valence-corrected chi connectivity index (χ3v) is 5.98. The first-order chi connectivity index (χ1) is 11.0. The van der Waals surface area contributed by atoms with E-state index in [9.17, 15) is 9.59 Å². The summed E-state index contributed by atoms with van der Waals surface area (Å²) in [5.74, 6) is 0.513. The number of amides is 1. The Bertz CT molecular complexity index is 791. The molecule has 5 heteroatoms. The fourth-order valence-corrected chi connectivity index (χ4v) is 4.21. The number of hydrogen-bond donors (Lipinski definition) is 2. The zero-order valence-corrected chi connectivity index (χ0v) is 14.4. The molecular weight excluding hydrogens is 308 g/mol. The van der Waals surface area contributed by atoms with Crippen LogP contribution in [0.5, 0.6) is 0 Å². The maximum Gasteiger partial charge on any atom is 0.251 e. The highest BCUT2D eigenvalue weighted by molar-refractivity contribution is 8.00. The SMILES string of the molecule is Cc1c(C)c2ccc(NC(=O)CSC3CCCC3)cc2[nH]c1=O. The van der Waals surface area contributed by atoms with Crippen LogP contribution in [-0.4, -0.2) is 21.9 Å². The Balaban J connectivity index is 1.71. The van der Waals surface area contributed by atoms with E-state index in [-0.39, 0.29) is 11.5 Å². The van der Waals surface area contributed by atoms with E-state index in [1.807, 2.05) is 32.0 Å². The average Bonchev–Trinajstić information content (AvgIpc) is 3.04.